The molecule has 3 aromatic heterocycles. The van der Waals surface area contributed by atoms with Crippen molar-refractivity contribution in [2.75, 3.05) is 7.11 Å². The molecule has 0 radical (unpaired) electrons. The fraction of sp³-hybridized carbons (Fsp3) is 0.0959. The molecule has 0 fully saturated rings. The summed E-state index contributed by atoms with van der Waals surface area (Å²) in [4.78, 5) is 53.9. The molecule has 0 aliphatic rings. The van der Waals surface area contributed by atoms with Gasteiger partial charge in [-0.05, 0) is 177 Å². The molecule has 3 heterocycles. The number of methoxy groups -OCH3 is 1. The van der Waals surface area contributed by atoms with Crippen LogP contribution >= 0.6 is 0 Å². The molecule has 426 valence electrons. The van der Waals surface area contributed by atoms with Gasteiger partial charge in [0.25, 0.3) is 16.7 Å². The molecule has 0 saturated heterocycles. The lowest BCUT2D eigenvalue weighted by molar-refractivity contribution is 0.373. The maximum absolute atomic E-state index is 13.4. The Bertz CT molecular complexity index is 4770. The minimum absolute atomic E-state index is 0.0392. The predicted octanol–water partition coefficient (Wildman–Crippen LogP) is 14.6. The normalized spacial score (nSPS) is 11.3. The summed E-state index contributed by atoms with van der Waals surface area (Å²) in [6, 6.07) is 61.7. The smallest absolute Gasteiger partial charge is 0.266 e. The quantitative estimate of drug-likeness (QED) is 0.113. The summed E-state index contributed by atoms with van der Waals surface area (Å²) in [6.45, 7) is 9.79. The number of rotatable bonds is 11. The number of aryl methyl sites for hydroxylation is 5. The van der Waals surface area contributed by atoms with E-state index in [4.69, 9.17) is 14.7 Å². The summed E-state index contributed by atoms with van der Waals surface area (Å²) in [6.07, 6.45) is 11.5. The SMILES string of the molecule is CCc1cccc(-n2c(/C=C/c3cccc(C)c3O)nc3ccccc3c2=O)c1.COc1cccc(/C=C/c2nc3ccccc3c(=O)n2-c2cc(C)cc(C)c2)c1O.Cc1cccc(/C=C/c2nc3ccccc3c(=O)n2-c2ccccc2)c1O. The molecule has 0 unspecified atom stereocenters. The number of hydrogen-bond acceptors (Lipinski definition) is 10. The first-order valence-corrected chi connectivity index (χ1v) is 28.0. The molecule has 0 atom stereocenters. The van der Waals surface area contributed by atoms with Gasteiger partial charge in [0.1, 0.15) is 29.0 Å². The molecule has 0 aliphatic heterocycles. The molecule has 0 bridgehead atoms. The number of nitrogens with zero attached hydrogens (tertiary/aromatic N) is 6. The van der Waals surface area contributed by atoms with Gasteiger partial charge in [-0.2, -0.15) is 0 Å². The summed E-state index contributed by atoms with van der Waals surface area (Å²) < 4.78 is 10.0. The number of fused-ring (bicyclic) bond motifs is 3. The van der Waals surface area contributed by atoms with Gasteiger partial charge in [-0.15, -0.1) is 0 Å². The van der Waals surface area contributed by atoms with Crippen LogP contribution in [0.3, 0.4) is 0 Å². The topological polar surface area (TPSA) is 175 Å². The van der Waals surface area contributed by atoms with Gasteiger partial charge in [-0.1, -0.05) is 128 Å². The second-order valence-electron chi connectivity index (χ2n) is 20.5. The zero-order chi connectivity index (χ0) is 60.4. The molecule has 86 heavy (non-hydrogen) atoms. The Morgan fingerprint density at radius 2 is 0.779 bits per heavy atom. The lowest BCUT2D eigenvalue weighted by Gasteiger charge is -2.13. The van der Waals surface area contributed by atoms with Crippen molar-refractivity contribution in [3.8, 4) is 40.1 Å². The largest absolute Gasteiger partial charge is 0.507 e. The van der Waals surface area contributed by atoms with E-state index < -0.39 is 0 Å². The Balaban J connectivity index is 0.000000143. The van der Waals surface area contributed by atoms with E-state index in [-0.39, 0.29) is 33.9 Å². The predicted molar refractivity (Wildman–Crippen MR) is 348 cm³/mol. The minimum atomic E-state index is -0.139. The second-order valence-corrected chi connectivity index (χ2v) is 20.5. The molecular weight excluding hydrogens is 1070 g/mol. The zero-order valence-electron chi connectivity index (χ0n) is 48.4. The Morgan fingerprint density at radius 3 is 1.23 bits per heavy atom. The van der Waals surface area contributed by atoms with E-state index in [0.717, 1.165) is 51.3 Å². The van der Waals surface area contributed by atoms with E-state index in [1.807, 2.05) is 185 Å². The highest BCUT2D eigenvalue weighted by molar-refractivity contribution is 5.83. The van der Waals surface area contributed by atoms with E-state index in [1.165, 1.54) is 7.11 Å². The number of benzene rings is 9. The Morgan fingerprint density at radius 1 is 0.395 bits per heavy atom. The fourth-order valence-corrected chi connectivity index (χ4v) is 10.1. The summed E-state index contributed by atoms with van der Waals surface area (Å²) in [5.74, 6) is 2.38. The Hall–Kier alpha value is -11.2. The van der Waals surface area contributed by atoms with E-state index in [1.54, 1.807) is 86.6 Å². The van der Waals surface area contributed by atoms with Crippen molar-refractivity contribution in [2.45, 2.75) is 41.0 Å². The molecule has 9 aromatic carbocycles. The van der Waals surface area contributed by atoms with Crippen molar-refractivity contribution in [1.29, 1.82) is 0 Å². The average Bonchev–Trinajstić information content (AvgIpc) is 1.08. The summed E-state index contributed by atoms with van der Waals surface area (Å²) in [7, 11) is 1.51. The van der Waals surface area contributed by atoms with E-state index in [9.17, 15) is 29.7 Å². The first-order valence-electron chi connectivity index (χ1n) is 28.0. The molecule has 13 nitrogen and oxygen atoms in total. The van der Waals surface area contributed by atoms with Crippen LogP contribution in [-0.4, -0.2) is 51.1 Å². The van der Waals surface area contributed by atoms with Crippen LogP contribution < -0.4 is 21.4 Å². The maximum atomic E-state index is 13.4. The Kier molecular flexibility index (Phi) is 17.5. The van der Waals surface area contributed by atoms with E-state index in [0.29, 0.717) is 72.6 Å². The fourth-order valence-electron chi connectivity index (χ4n) is 10.1. The monoisotopic (exact) mass is 1130 g/mol. The molecule has 12 aromatic rings. The number of aromatic nitrogens is 6. The van der Waals surface area contributed by atoms with Crippen LogP contribution in [0.1, 0.15) is 68.9 Å². The maximum Gasteiger partial charge on any atom is 0.266 e. The van der Waals surface area contributed by atoms with Crippen molar-refractivity contribution in [3.63, 3.8) is 0 Å². The van der Waals surface area contributed by atoms with Crippen molar-refractivity contribution in [2.24, 2.45) is 0 Å². The van der Waals surface area contributed by atoms with E-state index >= 15 is 0 Å². The van der Waals surface area contributed by atoms with Gasteiger partial charge in [0, 0.05) is 16.7 Å². The van der Waals surface area contributed by atoms with Crippen molar-refractivity contribution < 1.29 is 20.1 Å². The molecule has 0 aliphatic carbocycles. The van der Waals surface area contributed by atoms with Crippen LogP contribution in [-0.2, 0) is 6.42 Å². The van der Waals surface area contributed by atoms with Crippen molar-refractivity contribution >= 4 is 69.2 Å². The van der Waals surface area contributed by atoms with Gasteiger partial charge >= 0.3 is 0 Å². The average molecular weight is 1140 g/mol. The van der Waals surface area contributed by atoms with Crippen LogP contribution in [0.2, 0.25) is 0 Å². The number of hydrogen-bond donors (Lipinski definition) is 3. The van der Waals surface area contributed by atoms with Gasteiger partial charge in [0.05, 0.1) is 56.9 Å². The number of ether oxygens (including phenoxy) is 1. The third-order valence-electron chi connectivity index (χ3n) is 14.5. The molecule has 13 heteroatoms. The highest BCUT2D eigenvalue weighted by Gasteiger charge is 2.16. The van der Waals surface area contributed by atoms with E-state index in [2.05, 4.69) is 18.0 Å². The second kappa shape index (κ2) is 25.9. The molecular formula is C73H62N6O7. The molecule has 0 amide bonds. The van der Waals surface area contributed by atoms with Crippen LogP contribution in [0.5, 0.6) is 23.0 Å². The standard InChI is InChI=1S/C25H22N2O3.C25H22N2O2.C23H18N2O2/c1-16-13-17(2)15-19(14-16)27-23(26-21-9-5-4-8-20(21)25(27)29)12-11-18-7-6-10-22(30-3)24(18)28;1-3-18-9-7-11-20(16-18)27-23(15-14-19-10-6-8-17(2)24(19)28)26-22-13-5-4-12-21(22)25(27)29;1-16-8-7-9-17(22(16)26)14-15-21-24-20-13-6-5-12-19(20)23(27)25(21)18-10-3-2-4-11-18/h4-15,28H,1-3H3;4-16,28H,3H2,1-2H3;2-15,26H,1H3/b12-11+;2*15-14+. The summed E-state index contributed by atoms with van der Waals surface area (Å²) in [5.41, 5.74) is 10.6. The Labute approximate surface area is 497 Å². The summed E-state index contributed by atoms with van der Waals surface area (Å²) >= 11 is 0. The number of phenols is 3. The highest BCUT2D eigenvalue weighted by atomic mass is 16.5. The minimum Gasteiger partial charge on any atom is -0.507 e. The van der Waals surface area contributed by atoms with Gasteiger partial charge < -0.3 is 20.1 Å². The van der Waals surface area contributed by atoms with Gasteiger partial charge in [-0.25, -0.2) is 15.0 Å². The van der Waals surface area contributed by atoms with Gasteiger partial charge in [-0.3, -0.25) is 28.1 Å². The van der Waals surface area contributed by atoms with Crippen LogP contribution in [0.15, 0.2) is 215 Å². The molecule has 0 saturated carbocycles. The van der Waals surface area contributed by atoms with Crippen LogP contribution in [0.4, 0.5) is 0 Å². The summed E-state index contributed by atoms with van der Waals surface area (Å²) in [5, 5.41) is 32.6. The highest BCUT2D eigenvalue weighted by Crippen LogP contribution is 2.31. The molecule has 0 spiro atoms. The zero-order valence-corrected chi connectivity index (χ0v) is 48.4. The number of para-hydroxylation sites is 7. The third kappa shape index (κ3) is 12.6. The van der Waals surface area contributed by atoms with Gasteiger partial charge in [0.15, 0.2) is 11.5 Å². The van der Waals surface area contributed by atoms with Crippen molar-refractivity contribution in [1.82, 2.24) is 28.7 Å². The molecule has 3 N–H and O–H groups in total. The lowest BCUT2D eigenvalue weighted by atomic mass is 10.1. The van der Waals surface area contributed by atoms with Gasteiger partial charge in [0.2, 0.25) is 0 Å². The molecule has 12 rings (SSSR count). The first-order chi connectivity index (χ1) is 41.7. The van der Waals surface area contributed by atoms with Crippen LogP contribution in [0.25, 0.3) is 86.2 Å². The number of phenolic OH excluding ortho intramolecular Hbond substituents is 3. The van der Waals surface area contributed by atoms with Crippen LogP contribution in [0, 0.1) is 27.7 Å². The first kappa shape index (κ1) is 58.0. The third-order valence-corrected chi connectivity index (χ3v) is 14.5. The van der Waals surface area contributed by atoms with Crippen molar-refractivity contribution in [3.05, 3.63) is 293 Å². The number of aromatic hydroxyl groups is 3. The lowest BCUT2D eigenvalue weighted by Crippen LogP contribution is -2.22.